The number of carbonyl (C=O) groups is 2. The maximum Gasteiger partial charge on any atom is 0.278 e. The lowest BCUT2D eigenvalue weighted by Crippen LogP contribution is -2.21. The van der Waals surface area contributed by atoms with E-state index in [1.807, 2.05) is 32.0 Å². The van der Waals surface area contributed by atoms with Crippen LogP contribution >= 0.6 is 15.9 Å². The highest BCUT2D eigenvalue weighted by Crippen LogP contribution is 2.21. The van der Waals surface area contributed by atoms with Gasteiger partial charge in [-0.05, 0) is 50.1 Å². The van der Waals surface area contributed by atoms with Crippen LogP contribution in [-0.2, 0) is 11.3 Å². The number of halogens is 2. The molecule has 3 rings (SSSR count). The molecule has 0 bridgehead atoms. The van der Waals surface area contributed by atoms with Gasteiger partial charge in [0.15, 0.2) is 5.69 Å². The summed E-state index contributed by atoms with van der Waals surface area (Å²) < 4.78 is 15.7. The molecule has 3 aromatic rings. The second kappa shape index (κ2) is 8.52. The van der Waals surface area contributed by atoms with E-state index in [0.29, 0.717) is 10.2 Å². The largest absolute Gasteiger partial charge is 0.322 e. The predicted octanol–water partition coefficient (Wildman–Crippen LogP) is 4.00. The number of carbonyl (C=O) groups excluding carboxylic acids is 2. The first-order chi connectivity index (χ1) is 13.8. The fourth-order valence-corrected chi connectivity index (χ4v) is 3.15. The number of aromatic nitrogens is 3. The molecular weight excluding hydrogens is 441 g/mol. The summed E-state index contributed by atoms with van der Waals surface area (Å²) in [4.78, 5) is 24.9. The van der Waals surface area contributed by atoms with Crippen LogP contribution in [0.25, 0.3) is 0 Å². The van der Waals surface area contributed by atoms with Gasteiger partial charge in [-0.1, -0.05) is 39.3 Å². The molecule has 0 aliphatic carbocycles. The van der Waals surface area contributed by atoms with Crippen LogP contribution in [-0.4, -0.2) is 26.8 Å². The minimum absolute atomic E-state index is 0.0592. The van der Waals surface area contributed by atoms with E-state index in [9.17, 15) is 14.0 Å². The number of anilines is 2. The summed E-state index contributed by atoms with van der Waals surface area (Å²) in [6.07, 6.45) is 0. The lowest BCUT2D eigenvalue weighted by molar-refractivity contribution is -0.117. The molecule has 7 nitrogen and oxygen atoms in total. The van der Waals surface area contributed by atoms with Crippen molar-refractivity contribution in [2.75, 3.05) is 10.6 Å². The van der Waals surface area contributed by atoms with E-state index in [1.165, 1.54) is 16.8 Å². The number of rotatable bonds is 5. The van der Waals surface area contributed by atoms with Crippen LogP contribution in [0, 0.1) is 26.6 Å². The predicted molar refractivity (Wildman–Crippen MR) is 111 cm³/mol. The van der Waals surface area contributed by atoms with Crippen LogP contribution in [0.3, 0.4) is 0 Å². The highest BCUT2D eigenvalue weighted by Gasteiger charge is 2.19. The number of para-hydroxylation sites is 1. The van der Waals surface area contributed by atoms with Gasteiger partial charge in [0.1, 0.15) is 12.4 Å². The Kier molecular flexibility index (Phi) is 6.07. The minimum atomic E-state index is -0.559. The Labute approximate surface area is 175 Å². The third-order valence-corrected chi connectivity index (χ3v) is 4.91. The van der Waals surface area contributed by atoms with Gasteiger partial charge in [-0.15, -0.1) is 5.10 Å². The Hall–Kier alpha value is -3.07. The van der Waals surface area contributed by atoms with Crippen molar-refractivity contribution in [1.82, 2.24) is 15.0 Å². The van der Waals surface area contributed by atoms with Crippen LogP contribution < -0.4 is 10.6 Å². The molecule has 0 radical (unpaired) electrons. The molecule has 1 aromatic heterocycles. The Bertz CT molecular complexity index is 1080. The van der Waals surface area contributed by atoms with Crippen LogP contribution in [0.2, 0.25) is 0 Å². The molecule has 2 N–H and O–H groups in total. The molecule has 2 aromatic carbocycles. The van der Waals surface area contributed by atoms with Crippen molar-refractivity contribution >= 4 is 39.1 Å². The Balaban J connectivity index is 1.71. The van der Waals surface area contributed by atoms with Gasteiger partial charge in [0.2, 0.25) is 5.91 Å². The third-order valence-electron chi connectivity index (χ3n) is 4.42. The second-order valence-corrected chi connectivity index (χ2v) is 7.49. The molecule has 0 aliphatic heterocycles. The summed E-state index contributed by atoms with van der Waals surface area (Å²) in [5.74, 6) is -1.46. The van der Waals surface area contributed by atoms with Crippen molar-refractivity contribution in [2.45, 2.75) is 27.3 Å². The second-order valence-electron chi connectivity index (χ2n) is 6.57. The van der Waals surface area contributed by atoms with Crippen LogP contribution in [0.1, 0.15) is 27.3 Å². The van der Waals surface area contributed by atoms with Crippen LogP contribution in [0.5, 0.6) is 0 Å². The normalized spacial score (nSPS) is 10.7. The highest BCUT2D eigenvalue weighted by atomic mass is 79.9. The minimum Gasteiger partial charge on any atom is -0.322 e. The van der Waals surface area contributed by atoms with E-state index >= 15 is 0 Å². The number of nitrogens with zero attached hydrogens (tertiary/aromatic N) is 3. The topological polar surface area (TPSA) is 88.9 Å². The van der Waals surface area contributed by atoms with E-state index in [4.69, 9.17) is 0 Å². The smallest absolute Gasteiger partial charge is 0.278 e. The molecule has 0 saturated carbocycles. The summed E-state index contributed by atoms with van der Waals surface area (Å²) in [7, 11) is 0. The molecule has 150 valence electrons. The number of nitrogens with one attached hydrogen (secondary N) is 2. The molecule has 29 heavy (non-hydrogen) atoms. The monoisotopic (exact) mass is 459 g/mol. The van der Waals surface area contributed by atoms with Crippen molar-refractivity contribution in [3.05, 3.63) is 69.2 Å². The third kappa shape index (κ3) is 4.68. The first kappa shape index (κ1) is 20.7. The molecule has 1 heterocycles. The maximum atomic E-state index is 13.9. The fraction of sp³-hybridized carbons (Fsp3) is 0.200. The van der Waals surface area contributed by atoms with E-state index in [1.54, 1.807) is 13.0 Å². The van der Waals surface area contributed by atoms with E-state index in [2.05, 4.69) is 36.9 Å². The van der Waals surface area contributed by atoms with Crippen molar-refractivity contribution in [3.63, 3.8) is 0 Å². The summed E-state index contributed by atoms with van der Waals surface area (Å²) >= 11 is 3.16. The Morgan fingerprint density at radius 2 is 1.79 bits per heavy atom. The number of amides is 2. The molecule has 0 fully saturated rings. The zero-order valence-electron chi connectivity index (χ0n) is 16.1. The van der Waals surface area contributed by atoms with E-state index in [-0.39, 0.29) is 17.9 Å². The zero-order chi connectivity index (χ0) is 21.1. The molecule has 2 amide bonds. The zero-order valence-corrected chi connectivity index (χ0v) is 17.7. The van der Waals surface area contributed by atoms with Gasteiger partial charge in [-0.2, -0.15) is 0 Å². The molecule has 0 aliphatic rings. The van der Waals surface area contributed by atoms with E-state index in [0.717, 1.165) is 16.8 Å². The molecule has 0 unspecified atom stereocenters. The average molecular weight is 460 g/mol. The first-order valence-electron chi connectivity index (χ1n) is 8.79. The van der Waals surface area contributed by atoms with Crippen molar-refractivity contribution in [2.24, 2.45) is 0 Å². The first-order valence-corrected chi connectivity index (χ1v) is 9.58. The van der Waals surface area contributed by atoms with Crippen LogP contribution in [0.15, 0.2) is 40.9 Å². The van der Waals surface area contributed by atoms with Gasteiger partial charge in [-0.25, -0.2) is 9.07 Å². The summed E-state index contributed by atoms with van der Waals surface area (Å²) in [6, 6.07) is 10.0. The van der Waals surface area contributed by atoms with E-state index < -0.39 is 17.6 Å². The van der Waals surface area contributed by atoms with Gasteiger partial charge >= 0.3 is 0 Å². The van der Waals surface area contributed by atoms with Gasteiger partial charge < -0.3 is 10.6 Å². The standard InChI is InChI=1S/C20H19BrFN5O2/c1-11-5-4-6-12(2)18(11)24-20(29)19-13(3)27(26-25-19)10-17(28)23-16-8-7-14(21)9-15(16)22/h4-9H,10H2,1-3H3,(H,23,28)(H,24,29). The Morgan fingerprint density at radius 3 is 2.45 bits per heavy atom. The number of hydrogen-bond donors (Lipinski definition) is 2. The molecule has 0 atom stereocenters. The number of aryl methyl sites for hydroxylation is 2. The summed E-state index contributed by atoms with van der Waals surface area (Å²) in [5.41, 5.74) is 3.19. The van der Waals surface area contributed by atoms with Gasteiger partial charge in [0.05, 0.1) is 11.4 Å². The Morgan fingerprint density at radius 1 is 1.10 bits per heavy atom. The summed E-state index contributed by atoms with van der Waals surface area (Å²) in [5, 5.41) is 13.1. The summed E-state index contributed by atoms with van der Waals surface area (Å²) in [6.45, 7) is 5.24. The molecule has 0 spiro atoms. The SMILES string of the molecule is Cc1cccc(C)c1NC(=O)c1nnn(CC(=O)Nc2ccc(Br)cc2F)c1C. The molecule has 9 heteroatoms. The maximum absolute atomic E-state index is 13.9. The number of hydrogen-bond acceptors (Lipinski definition) is 4. The fourth-order valence-electron chi connectivity index (χ4n) is 2.82. The van der Waals surface area contributed by atoms with Crippen molar-refractivity contribution in [3.8, 4) is 0 Å². The van der Waals surface area contributed by atoms with Gasteiger partial charge in [0, 0.05) is 10.2 Å². The van der Waals surface area contributed by atoms with Crippen molar-refractivity contribution < 1.29 is 14.0 Å². The highest BCUT2D eigenvalue weighted by molar-refractivity contribution is 9.10. The molecular formula is C20H19BrFN5O2. The van der Waals surface area contributed by atoms with Gasteiger partial charge in [0.25, 0.3) is 5.91 Å². The molecule has 0 saturated heterocycles. The lowest BCUT2D eigenvalue weighted by atomic mass is 10.1. The van der Waals surface area contributed by atoms with Crippen molar-refractivity contribution in [1.29, 1.82) is 0 Å². The van der Waals surface area contributed by atoms with Crippen LogP contribution in [0.4, 0.5) is 15.8 Å². The van der Waals surface area contributed by atoms with Gasteiger partial charge in [-0.3, -0.25) is 9.59 Å². The lowest BCUT2D eigenvalue weighted by Gasteiger charge is -2.11. The number of benzene rings is 2. The quantitative estimate of drug-likeness (QED) is 0.603. The average Bonchev–Trinajstić information content (AvgIpc) is 3.01.